The van der Waals surface area contributed by atoms with Gasteiger partial charge in [-0.2, -0.15) is 0 Å². The molecular formula is C22H27NO6. The van der Waals surface area contributed by atoms with Crippen LogP contribution in [0.2, 0.25) is 0 Å². The first-order valence-corrected chi connectivity index (χ1v) is 9.55. The molecule has 0 unspecified atom stereocenters. The number of carbonyl (C=O) groups excluding carboxylic acids is 3. The highest BCUT2D eigenvalue weighted by Gasteiger charge is 2.42. The standard InChI is InChI=1S/C22H27NO6/c1-6-27-20(24)17-14(4)23-15(5)18(21(25)28-7-2)19(17)22(26)29-12-16-11-9-8-10-13(16)3/h8-11,19,23H,6-7,12H2,1-5H3. The molecule has 156 valence electrons. The Hall–Kier alpha value is -3.09. The fraction of sp³-hybridized carbons (Fsp3) is 0.409. The van der Waals surface area contributed by atoms with Crippen molar-refractivity contribution < 1.29 is 28.6 Å². The van der Waals surface area contributed by atoms with Gasteiger partial charge in [0.25, 0.3) is 0 Å². The van der Waals surface area contributed by atoms with Crippen molar-refractivity contribution >= 4 is 17.9 Å². The molecule has 0 atom stereocenters. The van der Waals surface area contributed by atoms with Crippen LogP contribution in [0.1, 0.15) is 38.8 Å². The Labute approximate surface area is 170 Å². The summed E-state index contributed by atoms with van der Waals surface area (Å²) in [7, 11) is 0. The molecule has 1 heterocycles. The molecule has 0 aliphatic carbocycles. The number of aryl methyl sites for hydroxylation is 1. The van der Waals surface area contributed by atoms with Crippen LogP contribution in [-0.2, 0) is 35.2 Å². The monoisotopic (exact) mass is 401 g/mol. The van der Waals surface area contributed by atoms with Crippen molar-refractivity contribution in [2.75, 3.05) is 13.2 Å². The van der Waals surface area contributed by atoms with Gasteiger partial charge in [0.2, 0.25) is 0 Å². The minimum Gasteiger partial charge on any atom is -0.463 e. The lowest BCUT2D eigenvalue weighted by Crippen LogP contribution is -2.38. The second-order valence-electron chi connectivity index (χ2n) is 6.61. The van der Waals surface area contributed by atoms with Gasteiger partial charge < -0.3 is 19.5 Å². The van der Waals surface area contributed by atoms with Gasteiger partial charge in [0, 0.05) is 11.4 Å². The Morgan fingerprint density at radius 1 is 0.862 bits per heavy atom. The van der Waals surface area contributed by atoms with E-state index in [1.165, 1.54) is 0 Å². The molecule has 7 nitrogen and oxygen atoms in total. The molecule has 0 spiro atoms. The smallest absolute Gasteiger partial charge is 0.337 e. The molecule has 0 bridgehead atoms. The minimum absolute atomic E-state index is 0.0275. The highest BCUT2D eigenvalue weighted by atomic mass is 16.5. The zero-order valence-corrected chi connectivity index (χ0v) is 17.5. The first-order chi connectivity index (χ1) is 13.8. The fourth-order valence-electron chi connectivity index (χ4n) is 3.19. The first kappa shape index (κ1) is 22.2. The molecule has 0 saturated heterocycles. The van der Waals surface area contributed by atoms with Gasteiger partial charge in [-0.05, 0) is 45.7 Å². The molecule has 0 saturated carbocycles. The number of rotatable bonds is 7. The maximum Gasteiger partial charge on any atom is 0.337 e. The molecule has 0 amide bonds. The van der Waals surface area contributed by atoms with Crippen molar-refractivity contribution in [3.8, 4) is 0 Å². The highest BCUT2D eigenvalue weighted by molar-refractivity contribution is 6.05. The van der Waals surface area contributed by atoms with E-state index in [9.17, 15) is 14.4 Å². The fourth-order valence-corrected chi connectivity index (χ4v) is 3.19. The van der Waals surface area contributed by atoms with Crippen LogP contribution in [0.3, 0.4) is 0 Å². The zero-order valence-electron chi connectivity index (χ0n) is 17.5. The summed E-state index contributed by atoms with van der Waals surface area (Å²) in [6, 6.07) is 7.51. The molecule has 1 aliphatic rings. The van der Waals surface area contributed by atoms with Crippen LogP contribution in [0, 0.1) is 12.8 Å². The number of dihydropyridines is 1. The number of hydrogen-bond donors (Lipinski definition) is 1. The van der Waals surface area contributed by atoms with Crippen LogP contribution in [0.5, 0.6) is 0 Å². The third kappa shape index (κ3) is 5.04. The normalized spacial score (nSPS) is 14.4. The maximum atomic E-state index is 13.1. The van der Waals surface area contributed by atoms with E-state index >= 15 is 0 Å². The summed E-state index contributed by atoms with van der Waals surface area (Å²) >= 11 is 0. The predicted molar refractivity (Wildman–Crippen MR) is 106 cm³/mol. The summed E-state index contributed by atoms with van der Waals surface area (Å²) in [6.07, 6.45) is 0. The SMILES string of the molecule is CCOC(=O)C1=C(C)NC(C)=C(C(=O)OCC)C1C(=O)OCc1ccccc1C. The molecule has 2 rings (SSSR count). The van der Waals surface area contributed by atoms with Crippen LogP contribution in [0.25, 0.3) is 0 Å². The van der Waals surface area contributed by atoms with Gasteiger partial charge in [-0.3, -0.25) is 4.79 Å². The lowest BCUT2D eigenvalue weighted by molar-refractivity contribution is -0.152. The van der Waals surface area contributed by atoms with E-state index in [1.54, 1.807) is 27.7 Å². The van der Waals surface area contributed by atoms with E-state index in [4.69, 9.17) is 14.2 Å². The van der Waals surface area contributed by atoms with Crippen molar-refractivity contribution in [1.82, 2.24) is 5.32 Å². The Morgan fingerprint density at radius 2 is 1.38 bits per heavy atom. The average molecular weight is 401 g/mol. The van der Waals surface area contributed by atoms with E-state index in [0.717, 1.165) is 11.1 Å². The van der Waals surface area contributed by atoms with E-state index in [2.05, 4.69) is 5.32 Å². The number of esters is 3. The zero-order chi connectivity index (χ0) is 21.6. The van der Waals surface area contributed by atoms with Crippen molar-refractivity contribution in [1.29, 1.82) is 0 Å². The van der Waals surface area contributed by atoms with Gasteiger partial charge in [-0.25, -0.2) is 9.59 Å². The molecule has 7 heteroatoms. The quantitative estimate of drug-likeness (QED) is 0.555. The third-order valence-corrected chi connectivity index (χ3v) is 4.62. The van der Waals surface area contributed by atoms with Crippen LogP contribution in [0.15, 0.2) is 46.8 Å². The Morgan fingerprint density at radius 3 is 1.86 bits per heavy atom. The lowest BCUT2D eigenvalue weighted by Gasteiger charge is -2.28. The van der Waals surface area contributed by atoms with Gasteiger partial charge in [-0.15, -0.1) is 0 Å². The van der Waals surface area contributed by atoms with Crippen molar-refractivity contribution in [2.45, 2.75) is 41.2 Å². The van der Waals surface area contributed by atoms with E-state index < -0.39 is 23.8 Å². The van der Waals surface area contributed by atoms with E-state index in [0.29, 0.717) is 11.4 Å². The summed E-state index contributed by atoms with van der Waals surface area (Å²) in [6.45, 7) is 8.86. The number of carbonyl (C=O) groups is 3. The van der Waals surface area contributed by atoms with E-state index in [1.807, 2.05) is 31.2 Å². The predicted octanol–water partition coefficient (Wildman–Crippen LogP) is 2.93. The number of hydrogen-bond acceptors (Lipinski definition) is 7. The molecule has 0 radical (unpaired) electrons. The number of nitrogens with one attached hydrogen (secondary N) is 1. The number of benzene rings is 1. The Bertz CT molecular complexity index is 828. The molecular weight excluding hydrogens is 374 g/mol. The summed E-state index contributed by atoms with van der Waals surface area (Å²) in [5, 5.41) is 2.98. The Kier molecular flexibility index (Phi) is 7.59. The second-order valence-corrected chi connectivity index (χ2v) is 6.61. The molecule has 0 aromatic heterocycles. The van der Waals surface area contributed by atoms with Gasteiger partial charge in [0.15, 0.2) is 0 Å². The molecule has 1 aromatic carbocycles. The highest BCUT2D eigenvalue weighted by Crippen LogP contribution is 2.33. The summed E-state index contributed by atoms with van der Waals surface area (Å²) < 4.78 is 15.7. The van der Waals surface area contributed by atoms with Crippen molar-refractivity contribution in [3.63, 3.8) is 0 Å². The largest absolute Gasteiger partial charge is 0.463 e. The summed E-state index contributed by atoms with van der Waals surface area (Å²) in [5.74, 6) is -3.28. The van der Waals surface area contributed by atoms with Gasteiger partial charge in [-0.1, -0.05) is 24.3 Å². The molecule has 29 heavy (non-hydrogen) atoms. The molecule has 1 N–H and O–H groups in total. The summed E-state index contributed by atoms with van der Waals surface area (Å²) in [4.78, 5) is 38.2. The van der Waals surface area contributed by atoms with E-state index in [-0.39, 0.29) is 31.0 Å². The lowest BCUT2D eigenvalue weighted by atomic mass is 9.85. The molecule has 1 aromatic rings. The van der Waals surface area contributed by atoms with Gasteiger partial charge in [0.1, 0.15) is 12.5 Å². The van der Waals surface area contributed by atoms with Crippen molar-refractivity contribution in [3.05, 3.63) is 57.9 Å². The number of allylic oxidation sites excluding steroid dienone is 2. The number of ether oxygens (including phenoxy) is 3. The third-order valence-electron chi connectivity index (χ3n) is 4.62. The van der Waals surface area contributed by atoms with Crippen LogP contribution < -0.4 is 5.32 Å². The van der Waals surface area contributed by atoms with Gasteiger partial charge in [0.05, 0.1) is 24.4 Å². The molecule has 1 aliphatic heterocycles. The average Bonchev–Trinajstić information content (AvgIpc) is 2.66. The van der Waals surface area contributed by atoms with Gasteiger partial charge >= 0.3 is 17.9 Å². The topological polar surface area (TPSA) is 90.9 Å². The summed E-state index contributed by atoms with van der Waals surface area (Å²) in [5.41, 5.74) is 2.79. The Balaban J connectivity index is 2.40. The minimum atomic E-state index is -1.22. The van der Waals surface area contributed by atoms with Crippen LogP contribution in [-0.4, -0.2) is 31.1 Å². The maximum absolute atomic E-state index is 13.1. The van der Waals surface area contributed by atoms with Crippen LogP contribution in [0.4, 0.5) is 0 Å². The first-order valence-electron chi connectivity index (χ1n) is 9.55. The molecule has 0 fully saturated rings. The van der Waals surface area contributed by atoms with Crippen LogP contribution >= 0.6 is 0 Å². The second kappa shape index (κ2) is 9.91. The van der Waals surface area contributed by atoms with Crippen molar-refractivity contribution in [2.24, 2.45) is 5.92 Å².